The number of aryl methyl sites for hydroxylation is 1. The van der Waals surface area contributed by atoms with Gasteiger partial charge in [-0.1, -0.05) is 48.0 Å². The molecule has 2 aromatic rings. The summed E-state index contributed by atoms with van der Waals surface area (Å²) in [5.74, 6) is 0.785. The molecule has 0 bridgehead atoms. The molecule has 0 fully saturated rings. The SMILES string of the molecule is Cc1ccc(CS(=O)(=O)N2CCOc3ccccc3C2C)cc1. The Bertz CT molecular complexity index is 784. The van der Waals surface area contributed by atoms with Gasteiger partial charge in [0.05, 0.1) is 11.8 Å². The van der Waals surface area contributed by atoms with Crippen molar-refractivity contribution in [2.75, 3.05) is 13.2 Å². The zero-order valence-corrected chi connectivity index (χ0v) is 14.2. The van der Waals surface area contributed by atoms with E-state index in [4.69, 9.17) is 4.74 Å². The lowest BCUT2D eigenvalue weighted by Crippen LogP contribution is -2.36. The summed E-state index contributed by atoms with van der Waals surface area (Å²) in [6, 6.07) is 15.0. The zero-order valence-electron chi connectivity index (χ0n) is 13.4. The summed E-state index contributed by atoms with van der Waals surface area (Å²) >= 11 is 0. The molecule has 1 aliphatic heterocycles. The van der Waals surface area contributed by atoms with E-state index in [2.05, 4.69) is 0 Å². The summed E-state index contributed by atoms with van der Waals surface area (Å²) in [5.41, 5.74) is 2.84. The monoisotopic (exact) mass is 331 g/mol. The molecular weight excluding hydrogens is 310 g/mol. The van der Waals surface area contributed by atoms with Crippen molar-refractivity contribution < 1.29 is 13.2 Å². The number of para-hydroxylation sites is 1. The standard InChI is InChI=1S/C18H21NO3S/c1-14-7-9-16(10-8-14)13-23(20,21)19-11-12-22-18-6-4-3-5-17(18)15(19)2/h3-10,15H,11-13H2,1-2H3. The molecule has 0 saturated carbocycles. The van der Waals surface area contributed by atoms with Gasteiger partial charge in [0.25, 0.3) is 0 Å². The molecule has 3 rings (SSSR count). The normalized spacial score (nSPS) is 18.8. The summed E-state index contributed by atoms with van der Waals surface area (Å²) in [4.78, 5) is 0. The van der Waals surface area contributed by atoms with Crippen LogP contribution >= 0.6 is 0 Å². The number of ether oxygens (including phenoxy) is 1. The molecule has 0 saturated heterocycles. The average molecular weight is 331 g/mol. The fourth-order valence-electron chi connectivity index (χ4n) is 2.91. The van der Waals surface area contributed by atoms with Gasteiger partial charge in [0.1, 0.15) is 12.4 Å². The molecule has 1 heterocycles. The fourth-order valence-corrected chi connectivity index (χ4v) is 4.64. The fraction of sp³-hybridized carbons (Fsp3) is 0.333. The van der Waals surface area contributed by atoms with Crippen molar-refractivity contribution in [3.63, 3.8) is 0 Å². The van der Waals surface area contributed by atoms with Crippen LogP contribution in [0.1, 0.15) is 29.7 Å². The van der Waals surface area contributed by atoms with Crippen LogP contribution in [0.4, 0.5) is 0 Å². The summed E-state index contributed by atoms with van der Waals surface area (Å²) in [5, 5.41) is 0. The van der Waals surface area contributed by atoms with E-state index in [1.54, 1.807) is 4.31 Å². The molecule has 0 aromatic heterocycles. The van der Waals surface area contributed by atoms with E-state index in [0.29, 0.717) is 13.2 Å². The number of sulfonamides is 1. The van der Waals surface area contributed by atoms with Gasteiger partial charge in [0.15, 0.2) is 0 Å². The Balaban J connectivity index is 1.88. The van der Waals surface area contributed by atoms with E-state index in [1.807, 2.05) is 62.4 Å². The number of fused-ring (bicyclic) bond motifs is 1. The highest BCUT2D eigenvalue weighted by Crippen LogP contribution is 2.33. The van der Waals surface area contributed by atoms with Crippen LogP contribution < -0.4 is 4.74 Å². The maximum absolute atomic E-state index is 12.9. The summed E-state index contributed by atoms with van der Waals surface area (Å²) in [7, 11) is -3.41. The first-order chi connectivity index (χ1) is 11.0. The molecule has 0 N–H and O–H groups in total. The Hall–Kier alpha value is -1.85. The maximum Gasteiger partial charge on any atom is 0.218 e. The van der Waals surface area contributed by atoms with Gasteiger partial charge in [-0.3, -0.25) is 0 Å². The van der Waals surface area contributed by atoms with Crippen molar-refractivity contribution in [1.29, 1.82) is 0 Å². The Morgan fingerprint density at radius 2 is 1.83 bits per heavy atom. The number of hydrogen-bond donors (Lipinski definition) is 0. The highest BCUT2D eigenvalue weighted by Gasteiger charge is 2.31. The minimum Gasteiger partial charge on any atom is -0.492 e. The summed E-state index contributed by atoms with van der Waals surface area (Å²) in [6.07, 6.45) is 0. The van der Waals surface area contributed by atoms with Crippen LogP contribution in [0, 0.1) is 6.92 Å². The van der Waals surface area contributed by atoms with Crippen LogP contribution in [-0.2, 0) is 15.8 Å². The van der Waals surface area contributed by atoms with Crippen LogP contribution in [0.3, 0.4) is 0 Å². The van der Waals surface area contributed by atoms with Gasteiger partial charge in [0, 0.05) is 12.1 Å². The first kappa shape index (κ1) is 16.0. The second-order valence-corrected chi connectivity index (χ2v) is 7.84. The molecule has 0 aliphatic carbocycles. The van der Waals surface area contributed by atoms with Crippen LogP contribution in [0.25, 0.3) is 0 Å². The molecule has 2 aromatic carbocycles. The molecule has 5 heteroatoms. The first-order valence-electron chi connectivity index (χ1n) is 7.74. The predicted molar refractivity (Wildman–Crippen MR) is 90.9 cm³/mol. The molecular formula is C18H21NO3S. The summed E-state index contributed by atoms with van der Waals surface area (Å²) in [6.45, 7) is 4.64. The molecule has 0 radical (unpaired) electrons. The lowest BCUT2D eigenvalue weighted by atomic mass is 10.1. The second kappa shape index (κ2) is 6.34. The van der Waals surface area contributed by atoms with Gasteiger partial charge in [-0.15, -0.1) is 0 Å². The van der Waals surface area contributed by atoms with Crippen molar-refractivity contribution in [2.24, 2.45) is 0 Å². The smallest absolute Gasteiger partial charge is 0.218 e. The Labute approximate surface area is 137 Å². The third-order valence-electron chi connectivity index (χ3n) is 4.20. The van der Waals surface area contributed by atoms with E-state index in [0.717, 1.165) is 22.4 Å². The van der Waals surface area contributed by atoms with Gasteiger partial charge < -0.3 is 4.74 Å². The van der Waals surface area contributed by atoms with Gasteiger partial charge in [-0.2, -0.15) is 4.31 Å². The summed E-state index contributed by atoms with van der Waals surface area (Å²) < 4.78 is 33.0. The van der Waals surface area contributed by atoms with Crippen molar-refractivity contribution >= 4 is 10.0 Å². The minimum atomic E-state index is -3.41. The van der Waals surface area contributed by atoms with E-state index in [1.165, 1.54) is 0 Å². The van der Waals surface area contributed by atoms with E-state index >= 15 is 0 Å². The molecule has 23 heavy (non-hydrogen) atoms. The average Bonchev–Trinajstić information content (AvgIpc) is 2.69. The number of hydrogen-bond acceptors (Lipinski definition) is 3. The van der Waals surface area contributed by atoms with Crippen LogP contribution in [-0.4, -0.2) is 25.9 Å². The topological polar surface area (TPSA) is 46.6 Å². The number of rotatable bonds is 3. The van der Waals surface area contributed by atoms with E-state index in [-0.39, 0.29) is 11.8 Å². The van der Waals surface area contributed by atoms with Crippen LogP contribution in [0.5, 0.6) is 5.75 Å². The molecule has 1 aliphatic rings. The Morgan fingerprint density at radius 3 is 2.57 bits per heavy atom. The molecule has 0 amide bonds. The minimum absolute atomic E-state index is 0.0137. The third-order valence-corrected chi connectivity index (χ3v) is 6.11. The zero-order chi connectivity index (χ0) is 16.4. The molecule has 0 spiro atoms. The van der Waals surface area contributed by atoms with Gasteiger partial charge in [-0.25, -0.2) is 8.42 Å². The highest BCUT2D eigenvalue weighted by molar-refractivity contribution is 7.88. The first-order valence-corrected chi connectivity index (χ1v) is 9.35. The third kappa shape index (κ3) is 3.41. The second-order valence-electron chi connectivity index (χ2n) is 5.91. The molecule has 122 valence electrons. The highest BCUT2D eigenvalue weighted by atomic mass is 32.2. The van der Waals surface area contributed by atoms with E-state index < -0.39 is 10.0 Å². The van der Waals surface area contributed by atoms with Crippen LogP contribution in [0.15, 0.2) is 48.5 Å². The number of nitrogens with zero attached hydrogens (tertiary/aromatic N) is 1. The van der Waals surface area contributed by atoms with Crippen LogP contribution in [0.2, 0.25) is 0 Å². The van der Waals surface area contributed by atoms with Gasteiger partial charge in [-0.05, 0) is 25.5 Å². The Kier molecular flexibility index (Phi) is 4.41. The Morgan fingerprint density at radius 1 is 1.13 bits per heavy atom. The predicted octanol–water partition coefficient (Wildman–Crippen LogP) is 3.28. The molecule has 1 atom stereocenters. The van der Waals surface area contributed by atoms with Gasteiger partial charge in [0.2, 0.25) is 10.0 Å². The van der Waals surface area contributed by atoms with Crippen molar-refractivity contribution in [3.05, 3.63) is 65.2 Å². The van der Waals surface area contributed by atoms with Crippen molar-refractivity contribution in [1.82, 2.24) is 4.31 Å². The lowest BCUT2D eigenvalue weighted by Gasteiger charge is -2.26. The molecule has 4 nitrogen and oxygen atoms in total. The number of benzene rings is 2. The largest absolute Gasteiger partial charge is 0.492 e. The van der Waals surface area contributed by atoms with E-state index in [9.17, 15) is 8.42 Å². The van der Waals surface area contributed by atoms with Crippen molar-refractivity contribution in [2.45, 2.75) is 25.6 Å². The van der Waals surface area contributed by atoms with Gasteiger partial charge >= 0.3 is 0 Å². The lowest BCUT2D eigenvalue weighted by molar-refractivity contribution is 0.278. The maximum atomic E-state index is 12.9. The quantitative estimate of drug-likeness (QED) is 0.867. The van der Waals surface area contributed by atoms with Crippen molar-refractivity contribution in [3.8, 4) is 5.75 Å². The molecule has 1 unspecified atom stereocenters.